The minimum atomic E-state index is -0.421. The van der Waals surface area contributed by atoms with Gasteiger partial charge in [0.25, 0.3) is 5.69 Å². The molecule has 0 aliphatic carbocycles. The number of nitro benzene ring substituents is 1. The first-order chi connectivity index (χ1) is 14.8. The molecule has 2 heterocycles. The van der Waals surface area contributed by atoms with E-state index in [0.29, 0.717) is 18.0 Å². The normalized spacial score (nSPS) is 10.9. The Hall–Kier alpha value is -4.03. The third-order valence-electron chi connectivity index (χ3n) is 4.80. The molecular weight excluding hydrogens is 396 g/mol. The van der Waals surface area contributed by atoms with E-state index in [1.54, 1.807) is 25.5 Å². The van der Waals surface area contributed by atoms with Crippen molar-refractivity contribution in [1.29, 1.82) is 5.26 Å². The van der Waals surface area contributed by atoms with Crippen LogP contribution in [0.25, 0.3) is 5.69 Å². The van der Waals surface area contributed by atoms with E-state index >= 15 is 0 Å². The van der Waals surface area contributed by atoms with Gasteiger partial charge >= 0.3 is 0 Å². The van der Waals surface area contributed by atoms with Crippen molar-refractivity contribution in [3.63, 3.8) is 0 Å². The summed E-state index contributed by atoms with van der Waals surface area (Å²) in [5.74, 6) is 0.370. The molecular formula is C22H22N6O3. The molecule has 0 bridgehead atoms. The maximum Gasteiger partial charge on any atom is 0.269 e. The highest BCUT2D eigenvalue weighted by atomic mass is 16.6. The van der Waals surface area contributed by atoms with Gasteiger partial charge in [0.05, 0.1) is 17.7 Å². The Morgan fingerprint density at radius 2 is 2.00 bits per heavy atom. The lowest BCUT2D eigenvalue weighted by Gasteiger charge is -2.10. The second-order valence-corrected chi connectivity index (χ2v) is 7.00. The first-order valence-corrected chi connectivity index (χ1v) is 9.48. The van der Waals surface area contributed by atoms with E-state index in [0.717, 1.165) is 33.9 Å². The van der Waals surface area contributed by atoms with E-state index in [-0.39, 0.29) is 5.69 Å². The molecule has 0 unspecified atom stereocenters. The number of hydrogen-bond donors (Lipinski definition) is 1. The molecule has 1 N–H and O–H groups in total. The first kappa shape index (κ1) is 21.7. The van der Waals surface area contributed by atoms with Crippen LogP contribution < -0.4 is 5.43 Å². The molecule has 0 amide bonds. The molecule has 158 valence electrons. The summed E-state index contributed by atoms with van der Waals surface area (Å²) in [4.78, 5) is 14.8. The van der Waals surface area contributed by atoms with Crippen molar-refractivity contribution in [2.45, 2.75) is 27.4 Å². The number of nitro groups is 1. The van der Waals surface area contributed by atoms with Gasteiger partial charge in [-0.3, -0.25) is 15.5 Å². The van der Waals surface area contributed by atoms with Crippen molar-refractivity contribution in [2.24, 2.45) is 5.10 Å². The molecule has 9 nitrogen and oxygen atoms in total. The molecule has 1 aromatic carbocycles. The number of pyridine rings is 1. The average molecular weight is 418 g/mol. The van der Waals surface area contributed by atoms with Crippen LogP contribution in [0.4, 0.5) is 11.5 Å². The summed E-state index contributed by atoms with van der Waals surface area (Å²) in [7, 11) is 1.57. The van der Waals surface area contributed by atoms with Gasteiger partial charge in [-0.25, -0.2) is 4.98 Å². The fourth-order valence-electron chi connectivity index (χ4n) is 3.42. The Kier molecular flexibility index (Phi) is 6.43. The molecule has 0 aliphatic rings. The zero-order valence-electron chi connectivity index (χ0n) is 17.7. The Bertz CT molecular complexity index is 1190. The van der Waals surface area contributed by atoms with E-state index in [4.69, 9.17) is 4.74 Å². The second-order valence-electron chi connectivity index (χ2n) is 7.00. The number of anilines is 1. The van der Waals surface area contributed by atoms with Gasteiger partial charge in [-0.2, -0.15) is 10.4 Å². The van der Waals surface area contributed by atoms with Crippen LogP contribution in [0.5, 0.6) is 0 Å². The van der Waals surface area contributed by atoms with Gasteiger partial charge in [-0.15, -0.1) is 0 Å². The quantitative estimate of drug-likeness (QED) is 0.349. The first-order valence-electron chi connectivity index (χ1n) is 9.48. The van der Waals surface area contributed by atoms with Gasteiger partial charge in [-0.1, -0.05) is 0 Å². The summed E-state index contributed by atoms with van der Waals surface area (Å²) < 4.78 is 7.16. The summed E-state index contributed by atoms with van der Waals surface area (Å²) in [5.41, 5.74) is 8.37. The molecule has 9 heteroatoms. The molecule has 0 fully saturated rings. The molecule has 0 saturated carbocycles. The van der Waals surface area contributed by atoms with Crippen LogP contribution in [0.2, 0.25) is 0 Å². The fourth-order valence-corrected chi connectivity index (χ4v) is 3.42. The van der Waals surface area contributed by atoms with Crippen LogP contribution in [0, 0.1) is 42.2 Å². The molecule has 0 radical (unpaired) electrons. The van der Waals surface area contributed by atoms with Crippen molar-refractivity contribution in [3.05, 3.63) is 80.3 Å². The van der Waals surface area contributed by atoms with Crippen LogP contribution in [-0.4, -0.2) is 27.8 Å². The van der Waals surface area contributed by atoms with Gasteiger partial charge in [-0.05, 0) is 45.0 Å². The zero-order valence-corrected chi connectivity index (χ0v) is 17.7. The molecule has 0 aliphatic heterocycles. The van der Waals surface area contributed by atoms with E-state index in [9.17, 15) is 15.4 Å². The van der Waals surface area contributed by atoms with E-state index in [2.05, 4.69) is 21.6 Å². The Balaban J connectivity index is 1.87. The van der Waals surface area contributed by atoms with Crippen LogP contribution in [-0.2, 0) is 11.3 Å². The Morgan fingerprint density at radius 3 is 2.61 bits per heavy atom. The predicted molar refractivity (Wildman–Crippen MR) is 118 cm³/mol. The number of rotatable bonds is 7. The summed E-state index contributed by atoms with van der Waals surface area (Å²) in [6, 6.07) is 12.3. The number of hydrogen-bond acceptors (Lipinski definition) is 7. The number of ether oxygens (including phenoxy) is 1. The highest BCUT2D eigenvalue weighted by Crippen LogP contribution is 2.23. The van der Waals surface area contributed by atoms with Crippen molar-refractivity contribution in [2.75, 3.05) is 12.5 Å². The topological polar surface area (TPSA) is 118 Å². The van der Waals surface area contributed by atoms with Gasteiger partial charge < -0.3 is 9.30 Å². The molecule has 0 spiro atoms. The fraction of sp³-hybridized carbons (Fsp3) is 0.227. The summed E-state index contributed by atoms with van der Waals surface area (Å²) in [5, 5.41) is 24.7. The number of non-ortho nitro benzene ring substituents is 1. The third-order valence-corrected chi connectivity index (χ3v) is 4.80. The van der Waals surface area contributed by atoms with E-state index in [1.165, 1.54) is 12.1 Å². The molecule has 2 aromatic heterocycles. The number of nitrogens with zero attached hydrogens (tertiary/aromatic N) is 5. The molecule has 0 saturated heterocycles. The minimum absolute atomic E-state index is 0.0454. The van der Waals surface area contributed by atoms with Gasteiger partial charge in [0.2, 0.25) is 0 Å². The van der Waals surface area contributed by atoms with Crippen LogP contribution in [0.15, 0.2) is 41.5 Å². The molecule has 3 aromatic rings. The maximum absolute atomic E-state index is 10.9. The van der Waals surface area contributed by atoms with Crippen LogP contribution in [0.1, 0.15) is 33.8 Å². The number of hydrazone groups is 1. The summed E-state index contributed by atoms with van der Waals surface area (Å²) in [6.07, 6.45) is 1.66. The molecule has 31 heavy (non-hydrogen) atoms. The number of aryl methyl sites for hydroxylation is 2. The minimum Gasteiger partial charge on any atom is -0.380 e. The zero-order chi connectivity index (χ0) is 22.5. The highest BCUT2D eigenvalue weighted by Gasteiger charge is 2.13. The average Bonchev–Trinajstić information content (AvgIpc) is 3.01. The van der Waals surface area contributed by atoms with Crippen molar-refractivity contribution < 1.29 is 9.66 Å². The standard InChI is InChI=1S/C22H22N6O3/c1-14-9-18(13-31-4)21(11-23)22(25-14)26-24-12-17-10-15(2)27(16(17)3)19-5-7-20(8-6-19)28(29)30/h5-10,12H,13H2,1-4H3,(H,25,26)/b24-12-. The van der Waals surface area contributed by atoms with Gasteiger partial charge in [0, 0.05) is 53.1 Å². The van der Waals surface area contributed by atoms with Gasteiger partial charge in [0.15, 0.2) is 5.82 Å². The highest BCUT2D eigenvalue weighted by molar-refractivity contribution is 5.83. The van der Waals surface area contributed by atoms with E-state index in [1.807, 2.05) is 37.5 Å². The van der Waals surface area contributed by atoms with Crippen molar-refractivity contribution in [1.82, 2.24) is 9.55 Å². The number of aromatic nitrogens is 2. The Labute approximate surface area is 179 Å². The summed E-state index contributed by atoms with van der Waals surface area (Å²) >= 11 is 0. The Morgan fingerprint density at radius 1 is 1.29 bits per heavy atom. The lowest BCUT2D eigenvalue weighted by atomic mass is 10.1. The van der Waals surface area contributed by atoms with Crippen molar-refractivity contribution >= 4 is 17.7 Å². The van der Waals surface area contributed by atoms with Crippen LogP contribution >= 0.6 is 0 Å². The van der Waals surface area contributed by atoms with E-state index < -0.39 is 4.92 Å². The smallest absolute Gasteiger partial charge is 0.269 e. The SMILES string of the molecule is COCc1cc(C)nc(N/N=C\c2cc(C)n(-c3ccc([N+](=O)[O-])cc3)c2C)c1C#N. The lowest BCUT2D eigenvalue weighted by Crippen LogP contribution is -2.04. The number of nitrogens with one attached hydrogen (secondary N) is 1. The number of benzene rings is 1. The lowest BCUT2D eigenvalue weighted by molar-refractivity contribution is -0.384. The summed E-state index contributed by atoms with van der Waals surface area (Å²) in [6.45, 7) is 6.04. The van der Waals surface area contributed by atoms with Crippen LogP contribution in [0.3, 0.4) is 0 Å². The number of nitriles is 1. The largest absolute Gasteiger partial charge is 0.380 e. The second kappa shape index (κ2) is 9.19. The number of methoxy groups -OCH3 is 1. The maximum atomic E-state index is 10.9. The molecule has 0 atom stereocenters. The van der Waals surface area contributed by atoms with Gasteiger partial charge in [0.1, 0.15) is 11.6 Å². The third kappa shape index (κ3) is 4.60. The monoisotopic (exact) mass is 418 g/mol. The predicted octanol–water partition coefficient (Wildman–Crippen LogP) is 4.17. The van der Waals surface area contributed by atoms with Crippen molar-refractivity contribution in [3.8, 4) is 11.8 Å². The molecule has 3 rings (SSSR count).